The Morgan fingerprint density at radius 3 is 2.56 bits per heavy atom. The molecule has 2 atom stereocenters. The first-order valence-corrected chi connectivity index (χ1v) is 6.62. The van der Waals surface area contributed by atoms with Crippen LogP contribution >= 0.6 is 0 Å². The number of benzene rings is 1. The van der Waals surface area contributed by atoms with Crippen molar-refractivity contribution in [3.63, 3.8) is 0 Å². The van der Waals surface area contributed by atoms with Crippen LogP contribution in [0.15, 0.2) is 24.3 Å². The first kappa shape index (κ1) is 15.1. The molecule has 0 aliphatic heterocycles. The van der Waals surface area contributed by atoms with Crippen LogP contribution in [0, 0.1) is 5.82 Å². The van der Waals surface area contributed by atoms with Crippen LogP contribution in [0.1, 0.15) is 25.8 Å². The zero-order chi connectivity index (χ0) is 13.5. The zero-order valence-electron chi connectivity index (χ0n) is 11.9. The minimum atomic E-state index is -0.152. The first-order valence-electron chi connectivity index (χ1n) is 6.62. The second kappa shape index (κ2) is 7.49. The van der Waals surface area contributed by atoms with E-state index in [0.29, 0.717) is 12.1 Å². The van der Waals surface area contributed by atoms with Gasteiger partial charge >= 0.3 is 0 Å². The van der Waals surface area contributed by atoms with Crippen molar-refractivity contribution in [2.75, 3.05) is 20.6 Å². The van der Waals surface area contributed by atoms with E-state index in [1.807, 2.05) is 6.07 Å². The molecule has 0 spiro atoms. The Morgan fingerprint density at radius 1 is 1.22 bits per heavy atom. The van der Waals surface area contributed by atoms with Gasteiger partial charge in [-0.1, -0.05) is 12.1 Å². The van der Waals surface area contributed by atoms with Crippen LogP contribution in [-0.2, 0) is 6.42 Å². The van der Waals surface area contributed by atoms with Crippen molar-refractivity contribution in [1.29, 1.82) is 0 Å². The second-order valence-corrected chi connectivity index (χ2v) is 5.39. The molecule has 3 heteroatoms. The molecule has 18 heavy (non-hydrogen) atoms. The SMILES string of the molecule is CC(CCN(C)C)NC(C)Cc1cccc(F)c1. The summed E-state index contributed by atoms with van der Waals surface area (Å²) in [7, 11) is 4.17. The molecule has 0 aromatic heterocycles. The lowest BCUT2D eigenvalue weighted by molar-refractivity contribution is 0.352. The van der Waals surface area contributed by atoms with Gasteiger partial charge in [0.05, 0.1) is 0 Å². The van der Waals surface area contributed by atoms with E-state index in [9.17, 15) is 4.39 Å². The fourth-order valence-corrected chi connectivity index (χ4v) is 2.10. The molecule has 2 nitrogen and oxygen atoms in total. The summed E-state index contributed by atoms with van der Waals surface area (Å²) in [5, 5.41) is 3.55. The largest absolute Gasteiger partial charge is 0.311 e. The van der Waals surface area contributed by atoms with E-state index in [1.165, 1.54) is 6.07 Å². The molecular formula is C15H25FN2. The lowest BCUT2D eigenvalue weighted by Crippen LogP contribution is -2.37. The normalized spacial score (nSPS) is 14.8. The van der Waals surface area contributed by atoms with Gasteiger partial charge in [0, 0.05) is 12.1 Å². The van der Waals surface area contributed by atoms with E-state index in [-0.39, 0.29) is 5.82 Å². The molecule has 0 fully saturated rings. The number of nitrogens with zero attached hydrogens (tertiary/aromatic N) is 1. The summed E-state index contributed by atoms with van der Waals surface area (Å²) in [4.78, 5) is 2.19. The van der Waals surface area contributed by atoms with Crippen LogP contribution in [0.25, 0.3) is 0 Å². The van der Waals surface area contributed by atoms with Gasteiger partial charge in [-0.25, -0.2) is 4.39 Å². The van der Waals surface area contributed by atoms with E-state index < -0.39 is 0 Å². The zero-order valence-corrected chi connectivity index (χ0v) is 11.9. The molecule has 0 aliphatic rings. The monoisotopic (exact) mass is 252 g/mol. The third-order valence-electron chi connectivity index (χ3n) is 3.01. The average molecular weight is 252 g/mol. The molecule has 102 valence electrons. The fraction of sp³-hybridized carbons (Fsp3) is 0.600. The second-order valence-electron chi connectivity index (χ2n) is 5.39. The molecule has 0 saturated carbocycles. The highest BCUT2D eigenvalue weighted by Gasteiger charge is 2.08. The van der Waals surface area contributed by atoms with Crippen molar-refractivity contribution in [1.82, 2.24) is 10.2 Å². The van der Waals surface area contributed by atoms with Gasteiger partial charge in [-0.05, 0) is 65.0 Å². The van der Waals surface area contributed by atoms with E-state index in [1.54, 1.807) is 12.1 Å². The molecule has 0 aliphatic carbocycles. The molecule has 0 heterocycles. The number of hydrogen-bond donors (Lipinski definition) is 1. The van der Waals surface area contributed by atoms with E-state index >= 15 is 0 Å². The molecule has 1 aromatic rings. The number of halogens is 1. The van der Waals surface area contributed by atoms with Crippen molar-refractivity contribution < 1.29 is 4.39 Å². The molecule has 1 rings (SSSR count). The summed E-state index contributed by atoms with van der Waals surface area (Å²) in [6, 6.07) is 7.70. The summed E-state index contributed by atoms with van der Waals surface area (Å²) in [5.74, 6) is -0.152. The van der Waals surface area contributed by atoms with Crippen molar-refractivity contribution in [2.24, 2.45) is 0 Å². The lowest BCUT2D eigenvalue weighted by Gasteiger charge is -2.21. The molecule has 1 N–H and O–H groups in total. The Bertz CT molecular complexity index is 352. The van der Waals surface area contributed by atoms with Gasteiger partial charge in [0.25, 0.3) is 0 Å². The summed E-state index contributed by atoms with van der Waals surface area (Å²) >= 11 is 0. The van der Waals surface area contributed by atoms with E-state index in [4.69, 9.17) is 0 Å². The Labute approximate surface area is 110 Å². The first-order chi connectivity index (χ1) is 8.47. The maximum Gasteiger partial charge on any atom is 0.123 e. The Kier molecular flexibility index (Phi) is 6.30. The minimum Gasteiger partial charge on any atom is -0.311 e. The van der Waals surface area contributed by atoms with Gasteiger partial charge in [0.2, 0.25) is 0 Å². The smallest absolute Gasteiger partial charge is 0.123 e. The summed E-state index contributed by atoms with van der Waals surface area (Å²) < 4.78 is 13.1. The third kappa shape index (κ3) is 6.12. The Hall–Kier alpha value is -0.930. The topological polar surface area (TPSA) is 15.3 Å². The highest BCUT2D eigenvalue weighted by molar-refractivity contribution is 5.17. The van der Waals surface area contributed by atoms with Crippen molar-refractivity contribution in [3.8, 4) is 0 Å². The van der Waals surface area contributed by atoms with Crippen molar-refractivity contribution in [3.05, 3.63) is 35.6 Å². The molecule has 0 amide bonds. The van der Waals surface area contributed by atoms with Crippen molar-refractivity contribution in [2.45, 2.75) is 38.8 Å². The third-order valence-corrected chi connectivity index (χ3v) is 3.01. The highest BCUT2D eigenvalue weighted by Crippen LogP contribution is 2.07. The number of rotatable bonds is 7. The van der Waals surface area contributed by atoms with Gasteiger partial charge in [-0.2, -0.15) is 0 Å². The van der Waals surface area contributed by atoms with Gasteiger partial charge in [-0.15, -0.1) is 0 Å². The average Bonchev–Trinajstić information content (AvgIpc) is 2.26. The van der Waals surface area contributed by atoms with E-state index in [2.05, 4.69) is 38.2 Å². The maximum atomic E-state index is 13.1. The molecule has 1 aromatic carbocycles. The maximum absolute atomic E-state index is 13.1. The Balaban J connectivity index is 2.34. The predicted molar refractivity (Wildman–Crippen MR) is 75.3 cm³/mol. The summed E-state index contributed by atoms with van der Waals surface area (Å²) in [5.41, 5.74) is 1.05. The summed E-state index contributed by atoms with van der Waals surface area (Å²) in [6.07, 6.45) is 1.99. The molecule has 0 radical (unpaired) electrons. The summed E-state index contributed by atoms with van der Waals surface area (Å²) in [6.45, 7) is 5.43. The molecule has 2 unspecified atom stereocenters. The lowest BCUT2D eigenvalue weighted by atomic mass is 10.1. The number of hydrogen-bond acceptors (Lipinski definition) is 2. The van der Waals surface area contributed by atoms with Crippen molar-refractivity contribution >= 4 is 0 Å². The van der Waals surface area contributed by atoms with Crippen LogP contribution in [0.5, 0.6) is 0 Å². The van der Waals surface area contributed by atoms with Gasteiger partial charge in [0.1, 0.15) is 5.82 Å². The molecule has 0 saturated heterocycles. The van der Waals surface area contributed by atoms with Gasteiger partial charge in [0.15, 0.2) is 0 Å². The van der Waals surface area contributed by atoms with Crippen LogP contribution in [0.4, 0.5) is 4.39 Å². The molecule has 0 bridgehead atoms. The predicted octanol–water partition coefficient (Wildman–Crippen LogP) is 2.69. The van der Waals surface area contributed by atoms with Crippen LogP contribution in [-0.4, -0.2) is 37.6 Å². The number of nitrogens with one attached hydrogen (secondary N) is 1. The van der Waals surface area contributed by atoms with E-state index in [0.717, 1.165) is 24.9 Å². The van der Waals surface area contributed by atoms with Crippen LogP contribution in [0.2, 0.25) is 0 Å². The van der Waals surface area contributed by atoms with Crippen LogP contribution in [0.3, 0.4) is 0 Å². The quantitative estimate of drug-likeness (QED) is 0.802. The van der Waals surface area contributed by atoms with Gasteiger partial charge in [-0.3, -0.25) is 0 Å². The minimum absolute atomic E-state index is 0.152. The van der Waals surface area contributed by atoms with Gasteiger partial charge < -0.3 is 10.2 Å². The fourth-order valence-electron chi connectivity index (χ4n) is 2.10. The van der Waals surface area contributed by atoms with Crippen LogP contribution < -0.4 is 5.32 Å². The standard InChI is InChI=1S/C15H25FN2/c1-12(8-9-18(3)4)17-13(2)10-14-6-5-7-15(16)11-14/h5-7,11-13,17H,8-10H2,1-4H3. The molecular weight excluding hydrogens is 227 g/mol. The highest BCUT2D eigenvalue weighted by atomic mass is 19.1. The Morgan fingerprint density at radius 2 is 1.94 bits per heavy atom.